The number of nitrogens with zero attached hydrogens (tertiary/aromatic N) is 2. The van der Waals surface area contributed by atoms with Crippen molar-refractivity contribution < 1.29 is 9.59 Å². The van der Waals surface area contributed by atoms with Gasteiger partial charge in [-0.3, -0.25) is 9.59 Å². The van der Waals surface area contributed by atoms with E-state index in [9.17, 15) is 9.59 Å². The third-order valence-corrected chi connectivity index (χ3v) is 7.96. The Kier molecular flexibility index (Phi) is 7.59. The average Bonchev–Trinajstić information content (AvgIpc) is 3.44. The Labute approximate surface area is 205 Å². The second-order valence-corrected chi connectivity index (χ2v) is 11.2. The second kappa shape index (κ2) is 10.4. The van der Waals surface area contributed by atoms with Crippen molar-refractivity contribution in [2.45, 2.75) is 64.3 Å². The van der Waals surface area contributed by atoms with Crippen molar-refractivity contribution in [2.75, 3.05) is 25.0 Å². The number of anilines is 1. The topological polar surface area (TPSA) is 74.3 Å². The molecule has 1 unspecified atom stereocenters. The predicted molar refractivity (Wildman–Crippen MR) is 134 cm³/mol. The fraction of sp³-hybridized carbons (Fsp3) is 0.560. The molecule has 1 aromatic carbocycles. The molecular weight excluding hydrogens is 456 g/mol. The maximum Gasteiger partial charge on any atom is 0.241 e. The summed E-state index contributed by atoms with van der Waals surface area (Å²) in [4.78, 5) is 31.5. The Hall–Kier alpha value is -2.12. The number of likely N-dealkylation sites (tertiary alicyclic amines) is 1. The van der Waals surface area contributed by atoms with Gasteiger partial charge in [-0.1, -0.05) is 50.4 Å². The molecule has 33 heavy (non-hydrogen) atoms. The summed E-state index contributed by atoms with van der Waals surface area (Å²) >= 11 is 7.49. The Morgan fingerprint density at radius 2 is 1.91 bits per heavy atom. The smallest absolute Gasteiger partial charge is 0.241 e. The molecule has 4 rings (SSSR count). The van der Waals surface area contributed by atoms with E-state index in [4.69, 9.17) is 11.6 Å². The number of amides is 2. The lowest BCUT2D eigenvalue weighted by Crippen LogP contribution is -2.48. The number of halogens is 1. The number of nitrogens with one attached hydrogen (secondary N) is 2. The first-order valence-electron chi connectivity index (χ1n) is 11.8. The summed E-state index contributed by atoms with van der Waals surface area (Å²) in [7, 11) is 0. The minimum absolute atomic E-state index is 0.0250. The minimum Gasteiger partial charge on any atom is -0.353 e. The van der Waals surface area contributed by atoms with E-state index in [1.807, 2.05) is 22.4 Å². The van der Waals surface area contributed by atoms with Gasteiger partial charge in [0, 0.05) is 29.5 Å². The molecule has 0 radical (unpaired) electrons. The lowest BCUT2D eigenvalue weighted by molar-refractivity contribution is -0.132. The highest BCUT2D eigenvalue weighted by molar-refractivity contribution is 7.13. The number of hydrogen-bond donors (Lipinski definition) is 2. The summed E-state index contributed by atoms with van der Waals surface area (Å²) in [6.07, 6.45) is 5.75. The third-order valence-electron chi connectivity index (χ3n) is 6.86. The molecule has 1 aromatic heterocycles. The number of thiazole rings is 1. The summed E-state index contributed by atoms with van der Waals surface area (Å²) in [5, 5.41) is 9.57. The Balaban J connectivity index is 1.25. The molecule has 0 spiro atoms. The molecule has 1 saturated heterocycles. The zero-order valence-electron chi connectivity index (χ0n) is 19.4. The molecule has 1 aliphatic carbocycles. The van der Waals surface area contributed by atoms with Gasteiger partial charge in [-0.2, -0.15) is 0 Å². The lowest BCUT2D eigenvalue weighted by Gasteiger charge is -2.44. The van der Waals surface area contributed by atoms with E-state index in [0.717, 1.165) is 36.5 Å². The normalized spacial score (nSPS) is 20.6. The molecule has 2 aromatic rings. The summed E-state index contributed by atoms with van der Waals surface area (Å²) in [6.45, 7) is 6.11. The van der Waals surface area contributed by atoms with E-state index in [1.54, 1.807) is 0 Å². The maximum absolute atomic E-state index is 12.9. The van der Waals surface area contributed by atoms with Gasteiger partial charge in [0.1, 0.15) is 0 Å². The van der Waals surface area contributed by atoms with Gasteiger partial charge in [0.25, 0.3) is 0 Å². The zero-order valence-corrected chi connectivity index (χ0v) is 21.0. The van der Waals surface area contributed by atoms with Crippen LogP contribution in [0.3, 0.4) is 0 Å². The number of hydrogen-bond acceptors (Lipinski definition) is 5. The first-order chi connectivity index (χ1) is 15.8. The van der Waals surface area contributed by atoms with Crippen molar-refractivity contribution in [3.63, 3.8) is 0 Å². The van der Waals surface area contributed by atoms with Crippen LogP contribution in [0.15, 0.2) is 29.6 Å². The first-order valence-corrected chi connectivity index (χ1v) is 13.1. The molecule has 2 N–H and O–H groups in total. The molecule has 1 aliphatic heterocycles. The van der Waals surface area contributed by atoms with Crippen molar-refractivity contribution >= 4 is 39.9 Å². The first kappa shape index (κ1) is 24.0. The van der Waals surface area contributed by atoms with E-state index >= 15 is 0 Å². The SMILES string of the molecule is CC1(C)CN(C(=O)CNc2nc(CC(=O)NC3CCCC3)cs2)CCC1c1ccc(Cl)cc1. The number of rotatable bonds is 7. The van der Waals surface area contributed by atoms with E-state index in [1.165, 1.54) is 29.7 Å². The van der Waals surface area contributed by atoms with Crippen molar-refractivity contribution in [2.24, 2.45) is 5.41 Å². The molecule has 1 atom stereocenters. The molecule has 2 aliphatic rings. The zero-order chi connectivity index (χ0) is 23.4. The molecule has 6 nitrogen and oxygen atoms in total. The second-order valence-electron chi connectivity index (χ2n) is 9.92. The van der Waals surface area contributed by atoms with E-state index < -0.39 is 0 Å². The predicted octanol–water partition coefficient (Wildman–Crippen LogP) is 4.85. The number of carbonyl (C=O) groups excluding carboxylic acids is 2. The summed E-state index contributed by atoms with van der Waals surface area (Å²) in [5.74, 6) is 0.498. The Morgan fingerprint density at radius 3 is 2.61 bits per heavy atom. The molecule has 8 heteroatoms. The standard InChI is InChI=1S/C25H33ClN4O2S/c1-25(2)16-30(12-11-21(25)17-7-9-18(26)10-8-17)23(32)14-27-24-29-20(15-33-24)13-22(31)28-19-5-3-4-6-19/h7-10,15,19,21H,3-6,11-14,16H2,1-2H3,(H,27,29)(H,28,31). The summed E-state index contributed by atoms with van der Waals surface area (Å²) < 4.78 is 0. The highest BCUT2D eigenvalue weighted by Crippen LogP contribution is 2.42. The fourth-order valence-electron chi connectivity index (χ4n) is 5.13. The van der Waals surface area contributed by atoms with Crippen LogP contribution >= 0.6 is 22.9 Å². The highest BCUT2D eigenvalue weighted by Gasteiger charge is 2.38. The maximum atomic E-state index is 12.9. The number of carbonyl (C=O) groups is 2. The highest BCUT2D eigenvalue weighted by atomic mass is 35.5. The van der Waals surface area contributed by atoms with E-state index in [0.29, 0.717) is 23.6 Å². The molecule has 178 valence electrons. The molecule has 2 amide bonds. The quantitative estimate of drug-likeness (QED) is 0.584. The van der Waals surface area contributed by atoms with Gasteiger partial charge in [0.05, 0.1) is 18.7 Å². The number of aromatic nitrogens is 1. The van der Waals surface area contributed by atoms with Crippen LogP contribution in [0.2, 0.25) is 5.02 Å². The summed E-state index contributed by atoms with van der Waals surface area (Å²) in [6, 6.07) is 8.40. The van der Waals surface area contributed by atoms with Crippen LogP contribution in [0.5, 0.6) is 0 Å². The Morgan fingerprint density at radius 1 is 1.18 bits per heavy atom. The number of benzene rings is 1. The van der Waals surface area contributed by atoms with Crippen LogP contribution in [0.1, 0.15) is 63.1 Å². The monoisotopic (exact) mass is 488 g/mol. The molecule has 1 saturated carbocycles. The van der Waals surface area contributed by atoms with Crippen LogP contribution < -0.4 is 10.6 Å². The summed E-state index contributed by atoms with van der Waals surface area (Å²) in [5.41, 5.74) is 2.00. The van der Waals surface area contributed by atoms with Gasteiger partial charge >= 0.3 is 0 Å². The largest absolute Gasteiger partial charge is 0.353 e. The van der Waals surface area contributed by atoms with Gasteiger partial charge in [0.15, 0.2) is 5.13 Å². The van der Waals surface area contributed by atoms with Gasteiger partial charge in [-0.25, -0.2) is 4.98 Å². The van der Waals surface area contributed by atoms with Gasteiger partial charge in [-0.15, -0.1) is 11.3 Å². The molecule has 2 fully saturated rings. The van der Waals surface area contributed by atoms with Crippen LogP contribution in [-0.4, -0.2) is 47.4 Å². The van der Waals surface area contributed by atoms with E-state index in [-0.39, 0.29) is 30.2 Å². The molecular formula is C25H33ClN4O2S. The van der Waals surface area contributed by atoms with Crippen LogP contribution in [0.4, 0.5) is 5.13 Å². The number of piperidine rings is 1. The molecule has 0 bridgehead atoms. The van der Waals surface area contributed by atoms with Crippen LogP contribution in [0.25, 0.3) is 0 Å². The van der Waals surface area contributed by atoms with Crippen molar-refractivity contribution in [3.8, 4) is 0 Å². The van der Waals surface area contributed by atoms with Crippen molar-refractivity contribution in [1.29, 1.82) is 0 Å². The van der Waals surface area contributed by atoms with Gasteiger partial charge < -0.3 is 15.5 Å². The Bertz CT molecular complexity index is 969. The van der Waals surface area contributed by atoms with Crippen LogP contribution in [0, 0.1) is 5.41 Å². The van der Waals surface area contributed by atoms with Crippen molar-refractivity contribution in [3.05, 3.63) is 45.9 Å². The van der Waals surface area contributed by atoms with Gasteiger partial charge in [-0.05, 0) is 48.3 Å². The van der Waals surface area contributed by atoms with E-state index in [2.05, 4.69) is 41.6 Å². The van der Waals surface area contributed by atoms with Crippen molar-refractivity contribution in [1.82, 2.24) is 15.2 Å². The fourth-order valence-corrected chi connectivity index (χ4v) is 5.96. The third kappa shape index (κ3) is 6.27. The van der Waals surface area contributed by atoms with Crippen LogP contribution in [-0.2, 0) is 16.0 Å². The average molecular weight is 489 g/mol. The van der Waals surface area contributed by atoms with Gasteiger partial charge in [0.2, 0.25) is 11.8 Å². The minimum atomic E-state index is -0.0250. The lowest BCUT2D eigenvalue weighted by atomic mass is 9.70. The molecule has 2 heterocycles.